The summed E-state index contributed by atoms with van der Waals surface area (Å²) in [6.45, 7) is 3.89. The van der Waals surface area contributed by atoms with Gasteiger partial charge in [0.2, 0.25) is 0 Å². The van der Waals surface area contributed by atoms with Crippen LogP contribution in [0.4, 0.5) is 0 Å². The van der Waals surface area contributed by atoms with Crippen LogP contribution in [0, 0.1) is 6.92 Å². The van der Waals surface area contributed by atoms with E-state index < -0.39 is 6.10 Å². The van der Waals surface area contributed by atoms with E-state index >= 15 is 0 Å². The molecule has 5 heteroatoms. The van der Waals surface area contributed by atoms with Crippen molar-refractivity contribution in [2.24, 2.45) is 0 Å². The number of nitrogens with zero attached hydrogens (tertiary/aromatic N) is 1. The third kappa shape index (κ3) is 5.62. The number of aliphatic hydroxyl groups excluding tert-OH is 1. The van der Waals surface area contributed by atoms with E-state index in [1.54, 1.807) is 13.4 Å². The fraction of sp³-hybridized carbons (Fsp3) is 0.304. The molecular weight excluding hydrogens is 354 g/mol. The van der Waals surface area contributed by atoms with Gasteiger partial charge in [0.05, 0.1) is 19.9 Å². The minimum atomic E-state index is -0.635. The van der Waals surface area contributed by atoms with Crippen LogP contribution in [0.2, 0.25) is 0 Å². The largest absolute Gasteiger partial charge is 0.496 e. The summed E-state index contributed by atoms with van der Waals surface area (Å²) in [6, 6.07) is 19.5. The van der Waals surface area contributed by atoms with Crippen LogP contribution in [0.5, 0.6) is 11.5 Å². The standard InChI is InChI=1S/C23H27NO4/c1-18-8-3-5-11-22(18)28-17-20(25)15-24(16-21-10-7-13-27-21)14-19-9-4-6-12-23(19)26-2/h3-13,20,25H,14-17H2,1-2H3/t20-/m0/s1. The molecular formula is C23H27NO4. The van der Waals surface area contributed by atoms with Gasteiger partial charge in [0.1, 0.15) is 30.0 Å². The van der Waals surface area contributed by atoms with Gasteiger partial charge in [-0.15, -0.1) is 0 Å². The second-order valence-corrected chi connectivity index (χ2v) is 6.79. The van der Waals surface area contributed by atoms with Gasteiger partial charge in [-0.2, -0.15) is 0 Å². The molecule has 0 aliphatic heterocycles. The third-order valence-electron chi connectivity index (χ3n) is 4.54. The number of hydrogen-bond acceptors (Lipinski definition) is 5. The molecule has 1 N–H and O–H groups in total. The summed E-state index contributed by atoms with van der Waals surface area (Å²) >= 11 is 0. The molecule has 0 aliphatic carbocycles. The van der Waals surface area contributed by atoms with E-state index in [0.29, 0.717) is 19.6 Å². The van der Waals surface area contributed by atoms with Crippen LogP contribution in [0.1, 0.15) is 16.9 Å². The molecule has 1 aromatic heterocycles. The molecule has 0 radical (unpaired) electrons. The lowest BCUT2D eigenvalue weighted by atomic mass is 10.1. The van der Waals surface area contributed by atoms with Crippen molar-refractivity contribution in [3.05, 3.63) is 83.8 Å². The van der Waals surface area contributed by atoms with Crippen molar-refractivity contribution in [1.82, 2.24) is 4.90 Å². The Hall–Kier alpha value is -2.76. The first-order chi connectivity index (χ1) is 13.7. The maximum atomic E-state index is 10.6. The van der Waals surface area contributed by atoms with Gasteiger partial charge >= 0.3 is 0 Å². The zero-order valence-electron chi connectivity index (χ0n) is 16.4. The van der Waals surface area contributed by atoms with E-state index in [0.717, 1.165) is 28.4 Å². The smallest absolute Gasteiger partial charge is 0.123 e. The summed E-state index contributed by atoms with van der Waals surface area (Å²) in [7, 11) is 1.67. The highest BCUT2D eigenvalue weighted by Crippen LogP contribution is 2.21. The third-order valence-corrected chi connectivity index (χ3v) is 4.54. The van der Waals surface area contributed by atoms with Gasteiger partial charge < -0.3 is 19.0 Å². The molecule has 1 atom stereocenters. The molecule has 0 saturated heterocycles. The number of methoxy groups -OCH3 is 1. The Labute approximate surface area is 166 Å². The number of benzene rings is 2. The van der Waals surface area contributed by atoms with Gasteiger partial charge in [0, 0.05) is 18.7 Å². The zero-order valence-corrected chi connectivity index (χ0v) is 16.4. The monoisotopic (exact) mass is 381 g/mol. The molecule has 0 bridgehead atoms. The molecule has 148 valence electrons. The quantitative estimate of drug-likeness (QED) is 0.574. The van der Waals surface area contributed by atoms with E-state index in [1.807, 2.05) is 67.6 Å². The van der Waals surface area contributed by atoms with E-state index in [9.17, 15) is 5.11 Å². The summed E-state index contributed by atoms with van der Waals surface area (Å²) < 4.78 is 16.8. The molecule has 0 amide bonds. The fourth-order valence-electron chi connectivity index (χ4n) is 3.14. The minimum absolute atomic E-state index is 0.228. The Kier molecular flexibility index (Phi) is 7.12. The van der Waals surface area contributed by atoms with Gasteiger partial charge in [0.15, 0.2) is 0 Å². The van der Waals surface area contributed by atoms with Crippen molar-refractivity contribution < 1.29 is 19.0 Å². The average molecular weight is 381 g/mol. The van der Waals surface area contributed by atoms with E-state index in [-0.39, 0.29) is 6.61 Å². The van der Waals surface area contributed by atoms with Gasteiger partial charge in [-0.05, 0) is 36.8 Å². The second kappa shape index (κ2) is 9.97. The first kappa shape index (κ1) is 20.0. The highest BCUT2D eigenvalue weighted by atomic mass is 16.5. The van der Waals surface area contributed by atoms with Crippen LogP contribution in [-0.4, -0.2) is 36.4 Å². The lowest BCUT2D eigenvalue weighted by Crippen LogP contribution is -2.35. The highest BCUT2D eigenvalue weighted by molar-refractivity contribution is 5.33. The summed E-state index contributed by atoms with van der Waals surface area (Å²) in [5.41, 5.74) is 2.11. The van der Waals surface area contributed by atoms with Crippen LogP contribution in [0.15, 0.2) is 71.3 Å². The van der Waals surface area contributed by atoms with Crippen LogP contribution in [0.3, 0.4) is 0 Å². The Morgan fingerprint density at radius 2 is 1.71 bits per heavy atom. The molecule has 0 spiro atoms. The number of para-hydroxylation sites is 2. The van der Waals surface area contributed by atoms with E-state index in [2.05, 4.69) is 4.90 Å². The Balaban J connectivity index is 1.65. The Morgan fingerprint density at radius 3 is 2.43 bits per heavy atom. The van der Waals surface area contributed by atoms with Crippen molar-refractivity contribution in [2.75, 3.05) is 20.3 Å². The topological polar surface area (TPSA) is 55.1 Å². The maximum absolute atomic E-state index is 10.6. The summed E-state index contributed by atoms with van der Waals surface area (Å²) in [5.74, 6) is 2.48. The fourth-order valence-corrected chi connectivity index (χ4v) is 3.14. The molecule has 1 heterocycles. The van der Waals surface area contributed by atoms with Gasteiger partial charge in [-0.3, -0.25) is 4.90 Å². The first-order valence-electron chi connectivity index (χ1n) is 9.39. The van der Waals surface area contributed by atoms with Crippen LogP contribution in [0.25, 0.3) is 0 Å². The number of rotatable bonds is 10. The first-order valence-corrected chi connectivity index (χ1v) is 9.39. The molecule has 0 saturated carbocycles. The lowest BCUT2D eigenvalue weighted by molar-refractivity contribution is 0.0600. The number of hydrogen-bond donors (Lipinski definition) is 1. The van der Waals surface area contributed by atoms with Gasteiger partial charge in [-0.25, -0.2) is 0 Å². The number of ether oxygens (including phenoxy) is 2. The van der Waals surface area contributed by atoms with Crippen LogP contribution < -0.4 is 9.47 Å². The molecule has 0 fully saturated rings. The molecule has 5 nitrogen and oxygen atoms in total. The number of aryl methyl sites for hydroxylation is 1. The predicted molar refractivity (Wildman–Crippen MR) is 108 cm³/mol. The Morgan fingerprint density at radius 1 is 0.964 bits per heavy atom. The molecule has 0 aliphatic rings. The minimum Gasteiger partial charge on any atom is -0.496 e. The summed E-state index contributed by atoms with van der Waals surface area (Å²) in [6.07, 6.45) is 1.03. The van der Waals surface area contributed by atoms with Gasteiger partial charge in [-0.1, -0.05) is 36.4 Å². The molecule has 0 unspecified atom stereocenters. The molecule has 3 aromatic rings. The van der Waals surface area contributed by atoms with Crippen molar-refractivity contribution in [3.63, 3.8) is 0 Å². The van der Waals surface area contributed by atoms with Crippen molar-refractivity contribution in [3.8, 4) is 11.5 Å². The van der Waals surface area contributed by atoms with E-state index in [4.69, 9.17) is 13.9 Å². The maximum Gasteiger partial charge on any atom is 0.123 e. The van der Waals surface area contributed by atoms with Crippen molar-refractivity contribution >= 4 is 0 Å². The average Bonchev–Trinajstić information content (AvgIpc) is 3.21. The second-order valence-electron chi connectivity index (χ2n) is 6.79. The number of furan rings is 1. The number of aliphatic hydroxyl groups is 1. The van der Waals surface area contributed by atoms with Crippen LogP contribution in [-0.2, 0) is 13.1 Å². The molecule has 3 rings (SSSR count). The Bertz CT molecular complexity index is 847. The SMILES string of the molecule is COc1ccccc1CN(Cc1ccco1)C[C@H](O)COc1ccccc1C. The molecule has 2 aromatic carbocycles. The zero-order chi connectivity index (χ0) is 19.8. The van der Waals surface area contributed by atoms with Crippen molar-refractivity contribution in [2.45, 2.75) is 26.1 Å². The van der Waals surface area contributed by atoms with Crippen molar-refractivity contribution in [1.29, 1.82) is 0 Å². The highest BCUT2D eigenvalue weighted by Gasteiger charge is 2.17. The summed E-state index contributed by atoms with van der Waals surface area (Å²) in [4.78, 5) is 2.13. The predicted octanol–water partition coefficient (Wildman–Crippen LogP) is 4.04. The van der Waals surface area contributed by atoms with Gasteiger partial charge in [0.25, 0.3) is 0 Å². The summed E-state index contributed by atoms with van der Waals surface area (Å²) in [5, 5.41) is 10.6. The lowest BCUT2D eigenvalue weighted by Gasteiger charge is -2.25. The van der Waals surface area contributed by atoms with Crippen LogP contribution >= 0.6 is 0 Å². The molecule has 28 heavy (non-hydrogen) atoms. The van der Waals surface area contributed by atoms with E-state index in [1.165, 1.54) is 0 Å². The normalized spacial score (nSPS) is 12.1.